The summed E-state index contributed by atoms with van der Waals surface area (Å²) in [4.78, 5) is 27.4. The molecule has 1 heterocycles. The first-order valence-electron chi connectivity index (χ1n) is 7.46. The number of amides is 2. The third kappa shape index (κ3) is 7.44. The second-order valence-corrected chi connectivity index (χ2v) is 5.58. The Morgan fingerprint density at radius 1 is 1.19 bits per heavy atom. The van der Waals surface area contributed by atoms with Gasteiger partial charge in [-0.15, -0.1) is 0 Å². The summed E-state index contributed by atoms with van der Waals surface area (Å²) in [6, 6.07) is 3.56. The Morgan fingerprint density at radius 3 is 2.52 bits per heavy atom. The summed E-state index contributed by atoms with van der Waals surface area (Å²) in [6.45, 7) is 7.20. The zero-order valence-corrected chi connectivity index (χ0v) is 13.1. The van der Waals surface area contributed by atoms with Crippen molar-refractivity contribution in [3.63, 3.8) is 0 Å². The fourth-order valence-electron chi connectivity index (χ4n) is 1.73. The van der Waals surface area contributed by atoms with Crippen LogP contribution in [-0.4, -0.2) is 29.9 Å². The van der Waals surface area contributed by atoms with Gasteiger partial charge in [-0.2, -0.15) is 0 Å². The third-order valence-electron chi connectivity index (χ3n) is 3.08. The van der Waals surface area contributed by atoms with E-state index in [0.717, 1.165) is 18.5 Å². The smallest absolute Gasteiger partial charge is 0.252 e. The monoisotopic (exact) mass is 291 g/mol. The van der Waals surface area contributed by atoms with E-state index in [9.17, 15) is 9.59 Å². The summed E-state index contributed by atoms with van der Waals surface area (Å²) >= 11 is 0. The van der Waals surface area contributed by atoms with Crippen molar-refractivity contribution in [3.05, 3.63) is 29.6 Å². The van der Waals surface area contributed by atoms with E-state index in [1.807, 2.05) is 13.0 Å². The van der Waals surface area contributed by atoms with Crippen molar-refractivity contribution in [2.75, 3.05) is 13.1 Å². The molecule has 1 aromatic rings. The van der Waals surface area contributed by atoms with Crippen LogP contribution in [0.4, 0.5) is 0 Å². The lowest BCUT2D eigenvalue weighted by Gasteiger charge is -2.08. The Kier molecular flexibility index (Phi) is 7.43. The van der Waals surface area contributed by atoms with E-state index in [-0.39, 0.29) is 11.8 Å². The van der Waals surface area contributed by atoms with Gasteiger partial charge in [0.05, 0.1) is 5.56 Å². The minimum absolute atomic E-state index is 0.0813. The van der Waals surface area contributed by atoms with Gasteiger partial charge < -0.3 is 10.6 Å². The summed E-state index contributed by atoms with van der Waals surface area (Å²) in [5, 5.41) is 5.67. The number of nitrogens with one attached hydrogen (secondary N) is 2. The highest BCUT2D eigenvalue weighted by molar-refractivity contribution is 5.93. The van der Waals surface area contributed by atoms with Gasteiger partial charge in [0, 0.05) is 31.4 Å². The molecule has 21 heavy (non-hydrogen) atoms. The fourth-order valence-corrected chi connectivity index (χ4v) is 1.73. The molecule has 0 bridgehead atoms. The Hall–Kier alpha value is -1.91. The van der Waals surface area contributed by atoms with Crippen LogP contribution in [0, 0.1) is 12.8 Å². The third-order valence-corrected chi connectivity index (χ3v) is 3.08. The van der Waals surface area contributed by atoms with E-state index in [1.54, 1.807) is 12.3 Å². The summed E-state index contributed by atoms with van der Waals surface area (Å²) in [6.07, 6.45) is 3.76. The van der Waals surface area contributed by atoms with Crippen molar-refractivity contribution in [2.24, 2.45) is 5.92 Å². The molecule has 0 aliphatic heterocycles. The molecule has 0 saturated carbocycles. The number of aromatic nitrogens is 1. The molecule has 2 N–H and O–H groups in total. The standard InChI is InChI=1S/C16H25N3O2/c1-12(2)5-8-15(20)17-9-4-10-18-16(21)14-7-6-13(3)19-11-14/h6-7,11-12H,4-5,8-10H2,1-3H3,(H,17,20)(H,18,21). The normalized spacial score (nSPS) is 10.5. The number of hydrogen-bond donors (Lipinski definition) is 2. The van der Waals surface area contributed by atoms with Gasteiger partial charge in [0.15, 0.2) is 0 Å². The van der Waals surface area contributed by atoms with Crippen LogP contribution in [0.3, 0.4) is 0 Å². The molecule has 0 radical (unpaired) electrons. The van der Waals surface area contributed by atoms with Gasteiger partial charge >= 0.3 is 0 Å². The lowest BCUT2D eigenvalue weighted by atomic mass is 10.1. The van der Waals surface area contributed by atoms with Crippen LogP contribution in [-0.2, 0) is 4.79 Å². The first-order valence-corrected chi connectivity index (χ1v) is 7.46. The van der Waals surface area contributed by atoms with Crippen LogP contribution in [0.15, 0.2) is 18.3 Å². The van der Waals surface area contributed by atoms with Crippen molar-refractivity contribution < 1.29 is 9.59 Å². The predicted molar refractivity (Wildman–Crippen MR) is 83.0 cm³/mol. The number of carbonyl (C=O) groups excluding carboxylic acids is 2. The highest BCUT2D eigenvalue weighted by atomic mass is 16.2. The lowest BCUT2D eigenvalue weighted by molar-refractivity contribution is -0.121. The highest BCUT2D eigenvalue weighted by Crippen LogP contribution is 2.02. The molecule has 1 aromatic heterocycles. The van der Waals surface area contributed by atoms with E-state index in [2.05, 4.69) is 29.5 Å². The van der Waals surface area contributed by atoms with Gasteiger partial charge in [-0.3, -0.25) is 14.6 Å². The van der Waals surface area contributed by atoms with Crippen LogP contribution in [0.25, 0.3) is 0 Å². The minimum Gasteiger partial charge on any atom is -0.356 e. The van der Waals surface area contributed by atoms with E-state index in [0.29, 0.717) is 31.0 Å². The molecule has 116 valence electrons. The Morgan fingerprint density at radius 2 is 1.90 bits per heavy atom. The lowest BCUT2D eigenvalue weighted by Crippen LogP contribution is -2.30. The number of carbonyl (C=O) groups is 2. The molecule has 0 aliphatic rings. The molecule has 0 aromatic carbocycles. The zero-order chi connectivity index (χ0) is 15.7. The average Bonchev–Trinajstić information content (AvgIpc) is 2.45. The van der Waals surface area contributed by atoms with E-state index in [4.69, 9.17) is 0 Å². The summed E-state index contributed by atoms with van der Waals surface area (Å²) < 4.78 is 0. The van der Waals surface area contributed by atoms with Gasteiger partial charge in [-0.05, 0) is 37.8 Å². The van der Waals surface area contributed by atoms with Crippen LogP contribution < -0.4 is 10.6 Å². The second kappa shape index (κ2) is 9.10. The molecule has 0 unspecified atom stereocenters. The SMILES string of the molecule is Cc1ccc(C(=O)NCCCNC(=O)CCC(C)C)cn1. The maximum absolute atomic E-state index is 11.8. The Balaban J connectivity index is 2.12. The van der Waals surface area contributed by atoms with E-state index < -0.39 is 0 Å². The van der Waals surface area contributed by atoms with Gasteiger partial charge in [0.2, 0.25) is 5.91 Å². The zero-order valence-electron chi connectivity index (χ0n) is 13.1. The molecule has 5 heteroatoms. The number of pyridine rings is 1. The Labute approximate surface area is 126 Å². The second-order valence-electron chi connectivity index (χ2n) is 5.58. The molecule has 0 aliphatic carbocycles. The summed E-state index contributed by atoms with van der Waals surface area (Å²) in [5.41, 5.74) is 1.44. The largest absolute Gasteiger partial charge is 0.356 e. The van der Waals surface area contributed by atoms with Crippen molar-refractivity contribution in [3.8, 4) is 0 Å². The molecular formula is C16H25N3O2. The van der Waals surface area contributed by atoms with Crippen molar-refractivity contribution in [1.82, 2.24) is 15.6 Å². The first-order chi connectivity index (χ1) is 9.99. The maximum Gasteiger partial charge on any atom is 0.252 e. The van der Waals surface area contributed by atoms with Crippen LogP contribution in [0.2, 0.25) is 0 Å². The Bertz CT molecular complexity index is 455. The molecule has 2 amide bonds. The number of nitrogens with zero attached hydrogens (tertiary/aromatic N) is 1. The summed E-state index contributed by atoms with van der Waals surface area (Å²) in [7, 11) is 0. The molecule has 1 rings (SSSR count). The predicted octanol–water partition coefficient (Wildman–Crippen LogP) is 2.06. The van der Waals surface area contributed by atoms with Crippen LogP contribution in [0.1, 0.15) is 49.2 Å². The fraction of sp³-hybridized carbons (Fsp3) is 0.562. The molecule has 5 nitrogen and oxygen atoms in total. The first kappa shape index (κ1) is 17.1. The molecule has 0 saturated heterocycles. The van der Waals surface area contributed by atoms with Gasteiger partial charge in [0.1, 0.15) is 0 Å². The number of hydrogen-bond acceptors (Lipinski definition) is 3. The van der Waals surface area contributed by atoms with Gasteiger partial charge in [-0.25, -0.2) is 0 Å². The van der Waals surface area contributed by atoms with Crippen molar-refractivity contribution in [1.29, 1.82) is 0 Å². The molecule has 0 fully saturated rings. The van der Waals surface area contributed by atoms with E-state index >= 15 is 0 Å². The average molecular weight is 291 g/mol. The van der Waals surface area contributed by atoms with Crippen molar-refractivity contribution >= 4 is 11.8 Å². The summed E-state index contributed by atoms with van der Waals surface area (Å²) in [5.74, 6) is 0.490. The van der Waals surface area contributed by atoms with Crippen LogP contribution in [0.5, 0.6) is 0 Å². The molecular weight excluding hydrogens is 266 g/mol. The number of aryl methyl sites for hydroxylation is 1. The molecule has 0 spiro atoms. The van der Waals surface area contributed by atoms with Crippen LogP contribution >= 0.6 is 0 Å². The van der Waals surface area contributed by atoms with Gasteiger partial charge in [0.25, 0.3) is 5.91 Å². The molecule has 0 atom stereocenters. The minimum atomic E-state index is -0.131. The van der Waals surface area contributed by atoms with Crippen molar-refractivity contribution in [2.45, 2.75) is 40.0 Å². The van der Waals surface area contributed by atoms with Gasteiger partial charge in [-0.1, -0.05) is 13.8 Å². The number of rotatable bonds is 8. The topological polar surface area (TPSA) is 71.1 Å². The maximum atomic E-state index is 11.8. The quantitative estimate of drug-likeness (QED) is 0.720. The van der Waals surface area contributed by atoms with E-state index in [1.165, 1.54) is 0 Å². The highest BCUT2D eigenvalue weighted by Gasteiger charge is 2.05.